The Labute approximate surface area is 139 Å². The topological polar surface area (TPSA) is 67.2 Å². The first-order chi connectivity index (χ1) is 11.0. The van der Waals surface area contributed by atoms with E-state index in [1.807, 2.05) is 12.1 Å². The fourth-order valence-corrected chi connectivity index (χ4v) is 2.99. The minimum Gasteiger partial charge on any atom is -0.322 e. The first-order valence-electron chi connectivity index (χ1n) is 7.38. The first kappa shape index (κ1) is 15.6. The van der Waals surface area contributed by atoms with Gasteiger partial charge in [0.15, 0.2) is 0 Å². The van der Waals surface area contributed by atoms with Crippen LogP contribution >= 0.6 is 11.6 Å². The second-order valence-corrected chi connectivity index (χ2v) is 5.88. The fourth-order valence-electron chi connectivity index (χ4n) is 2.73. The zero-order valence-electron chi connectivity index (χ0n) is 13.0. The summed E-state index contributed by atoms with van der Waals surface area (Å²) in [5.41, 5.74) is 2.44. The summed E-state index contributed by atoms with van der Waals surface area (Å²) in [7, 11) is 1.69. The van der Waals surface area contributed by atoms with E-state index in [4.69, 9.17) is 11.6 Å². The minimum absolute atomic E-state index is 0.138. The lowest BCUT2D eigenvalue weighted by atomic mass is 10.2. The van der Waals surface area contributed by atoms with E-state index in [9.17, 15) is 9.59 Å². The number of nitrogens with one attached hydrogen (secondary N) is 1. The van der Waals surface area contributed by atoms with Gasteiger partial charge in [0, 0.05) is 31.4 Å². The lowest BCUT2D eigenvalue weighted by molar-refractivity contribution is -0.117. The molecule has 0 spiro atoms. The third-order valence-electron chi connectivity index (χ3n) is 3.89. The molecule has 2 heterocycles. The molecule has 3 rings (SSSR count). The van der Waals surface area contributed by atoms with Gasteiger partial charge in [-0.05, 0) is 37.6 Å². The minimum atomic E-state index is -0.300. The van der Waals surface area contributed by atoms with E-state index < -0.39 is 0 Å². The summed E-state index contributed by atoms with van der Waals surface area (Å²) in [6, 6.07) is 7.21. The van der Waals surface area contributed by atoms with Crippen LogP contribution in [-0.4, -0.2) is 28.1 Å². The molecule has 120 valence electrons. The van der Waals surface area contributed by atoms with Crippen molar-refractivity contribution in [1.29, 1.82) is 0 Å². The van der Waals surface area contributed by atoms with Crippen molar-refractivity contribution in [1.82, 2.24) is 9.78 Å². The molecule has 0 radical (unpaired) electrons. The number of carbonyl (C=O) groups excluding carboxylic acids is 2. The molecule has 1 aromatic heterocycles. The number of carbonyl (C=O) groups is 2. The molecule has 1 aliphatic rings. The second kappa shape index (κ2) is 6.04. The number of aromatic nitrogens is 2. The van der Waals surface area contributed by atoms with Crippen LogP contribution in [0, 0.1) is 6.92 Å². The second-order valence-electron chi connectivity index (χ2n) is 5.52. The monoisotopic (exact) mass is 332 g/mol. The molecule has 23 heavy (non-hydrogen) atoms. The van der Waals surface area contributed by atoms with Crippen LogP contribution in [0.1, 0.15) is 28.9 Å². The van der Waals surface area contributed by atoms with Crippen molar-refractivity contribution >= 4 is 34.8 Å². The first-order valence-corrected chi connectivity index (χ1v) is 7.76. The van der Waals surface area contributed by atoms with Crippen molar-refractivity contribution in [2.24, 2.45) is 7.05 Å². The van der Waals surface area contributed by atoms with E-state index in [1.165, 1.54) is 4.68 Å². The molecule has 2 amide bonds. The Balaban J connectivity index is 1.75. The van der Waals surface area contributed by atoms with Crippen molar-refractivity contribution in [2.45, 2.75) is 19.8 Å². The van der Waals surface area contributed by atoms with Crippen LogP contribution in [-0.2, 0) is 11.8 Å². The van der Waals surface area contributed by atoms with Crippen molar-refractivity contribution in [3.63, 3.8) is 0 Å². The number of benzene rings is 1. The third-order valence-corrected chi connectivity index (χ3v) is 4.32. The molecule has 7 heteroatoms. The summed E-state index contributed by atoms with van der Waals surface area (Å²) in [4.78, 5) is 25.8. The van der Waals surface area contributed by atoms with E-state index >= 15 is 0 Å². The van der Waals surface area contributed by atoms with Gasteiger partial charge in [0.25, 0.3) is 5.91 Å². The van der Waals surface area contributed by atoms with Crippen LogP contribution in [0.2, 0.25) is 5.15 Å². The van der Waals surface area contributed by atoms with Gasteiger partial charge in [-0.25, -0.2) is 0 Å². The van der Waals surface area contributed by atoms with Gasteiger partial charge in [0.05, 0.1) is 11.3 Å². The molecule has 1 fully saturated rings. The Hall–Kier alpha value is -2.34. The van der Waals surface area contributed by atoms with Gasteiger partial charge in [-0.2, -0.15) is 5.10 Å². The molecule has 2 aromatic rings. The van der Waals surface area contributed by atoms with Crippen molar-refractivity contribution in [2.75, 3.05) is 16.8 Å². The Kier molecular flexibility index (Phi) is 4.09. The van der Waals surface area contributed by atoms with Crippen LogP contribution in [0.15, 0.2) is 24.3 Å². The van der Waals surface area contributed by atoms with E-state index in [0.29, 0.717) is 28.5 Å². The molecule has 1 saturated heterocycles. The maximum atomic E-state index is 12.3. The van der Waals surface area contributed by atoms with Crippen LogP contribution in [0.4, 0.5) is 11.4 Å². The predicted octanol–water partition coefficient (Wildman–Crippen LogP) is 2.76. The molecule has 1 aromatic carbocycles. The summed E-state index contributed by atoms with van der Waals surface area (Å²) >= 11 is 6.10. The summed E-state index contributed by atoms with van der Waals surface area (Å²) in [6.45, 7) is 2.48. The van der Waals surface area contributed by atoms with Crippen LogP contribution in [0.25, 0.3) is 0 Å². The molecule has 0 aliphatic carbocycles. The summed E-state index contributed by atoms with van der Waals surface area (Å²) in [5, 5.41) is 7.23. The molecule has 0 saturated carbocycles. The average molecular weight is 333 g/mol. The van der Waals surface area contributed by atoms with Gasteiger partial charge in [-0.3, -0.25) is 14.3 Å². The highest BCUT2D eigenvalue weighted by molar-refractivity contribution is 6.33. The SMILES string of the molecule is Cc1nn(C)c(Cl)c1C(=O)Nc1ccc(N2CCCC2=O)cc1. The lowest BCUT2D eigenvalue weighted by Gasteiger charge is -2.16. The maximum Gasteiger partial charge on any atom is 0.260 e. The van der Waals surface area contributed by atoms with E-state index in [0.717, 1.165) is 18.7 Å². The Bertz CT molecular complexity index is 767. The Morgan fingerprint density at radius 2 is 2.00 bits per heavy atom. The number of aryl methyl sites for hydroxylation is 2. The fraction of sp³-hybridized carbons (Fsp3) is 0.312. The average Bonchev–Trinajstić information content (AvgIpc) is 3.04. The third kappa shape index (κ3) is 2.94. The molecule has 0 atom stereocenters. The number of amides is 2. The zero-order chi connectivity index (χ0) is 16.6. The molecule has 0 bridgehead atoms. The molecule has 6 nitrogen and oxygen atoms in total. The largest absolute Gasteiger partial charge is 0.322 e. The standard InChI is InChI=1S/C16H17ClN4O2/c1-10-14(15(17)20(2)19-10)16(23)18-11-5-7-12(8-6-11)21-9-3-4-13(21)22/h5-8H,3-4,9H2,1-2H3,(H,18,23). The van der Waals surface area contributed by atoms with Crippen LogP contribution in [0.5, 0.6) is 0 Å². The molecular weight excluding hydrogens is 316 g/mol. The highest BCUT2D eigenvalue weighted by Gasteiger charge is 2.22. The Morgan fingerprint density at radius 1 is 1.30 bits per heavy atom. The van der Waals surface area contributed by atoms with Crippen molar-refractivity contribution < 1.29 is 9.59 Å². The highest BCUT2D eigenvalue weighted by Crippen LogP contribution is 2.24. The van der Waals surface area contributed by atoms with Gasteiger partial charge >= 0.3 is 0 Å². The summed E-state index contributed by atoms with van der Waals surface area (Å²) in [5.74, 6) is -0.162. The molecule has 0 unspecified atom stereocenters. The van der Waals surface area contributed by atoms with Gasteiger partial charge in [0.1, 0.15) is 5.15 Å². The van der Waals surface area contributed by atoms with Gasteiger partial charge in [-0.1, -0.05) is 11.6 Å². The smallest absolute Gasteiger partial charge is 0.260 e. The molecule has 1 aliphatic heterocycles. The van der Waals surface area contributed by atoms with Gasteiger partial charge in [0.2, 0.25) is 5.91 Å². The van der Waals surface area contributed by atoms with Gasteiger partial charge in [-0.15, -0.1) is 0 Å². The van der Waals surface area contributed by atoms with Crippen molar-refractivity contribution in [3.8, 4) is 0 Å². The van der Waals surface area contributed by atoms with Crippen LogP contribution in [0.3, 0.4) is 0 Å². The van der Waals surface area contributed by atoms with Gasteiger partial charge < -0.3 is 10.2 Å². The normalized spacial score (nSPS) is 14.4. The predicted molar refractivity (Wildman–Crippen MR) is 88.9 cm³/mol. The summed E-state index contributed by atoms with van der Waals surface area (Å²) < 4.78 is 1.47. The molecule has 1 N–H and O–H groups in total. The van der Waals surface area contributed by atoms with Crippen LogP contribution < -0.4 is 10.2 Å². The molecular formula is C16H17ClN4O2. The Morgan fingerprint density at radius 3 is 2.52 bits per heavy atom. The number of halogens is 1. The number of hydrogen-bond acceptors (Lipinski definition) is 3. The zero-order valence-corrected chi connectivity index (χ0v) is 13.7. The van der Waals surface area contributed by atoms with E-state index in [2.05, 4.69) is 10.4 Å². The highest BCUT2D eigenvalue weighted by atomic mass is 35.5. The quantitative estimate of drug-likeness (QED) is 0.939. The number of nitrogens with zero attached hydrogens (tertiary/aromatic N) is 3. The summed E-state index contributed by atoms with van der Waals surface area (Å²) in [6.07, 6.45) is 1.48. The number of rotatable bonds is 3. The lowest BCUT2D eigenvalue weighted by Crippen LogP contribution is -2.23. The number of anilines is 2. The van der Waals surface area contributed by atoms with E-state index in [-0.39, 0.29) is 11.8 Å². The number of hydrogen-bond donors (Lipinski definition) is 1. The van der Waals surface area contributed by atoms with E-state index in [1.54, 1.807) is 31.0 Å². The van der Waals surface area contributed by atoms with Crippen molar-refractivity contribution in [3.05, 3.63) is 40.7 Å². The maximum absolute atomic E-state index is 12.3.